The van der Waals surface area contributed by atoms with Gasteiger partial charge < -0.3 is 0 Å². The van der Waals surface area contributed by atoms with Gasteiger partial charge in [0.25, 0.3) is 0 Å². The summed E-state index contributed by atoms with van der Waals surface area (Å²) in [4.78, 5) is 0. The molecule has 11 heteroatoms. The summed E-state index contributed by atoms with van der Waals surface area (Å²) in [5.74, 6) is 0. The van der Waals surface area contributed by atoms with Gasteiger partial charge in [0.05, 0.1) is 0 Å². The molecule has 0 atom stereocenters. The molecule has 0 aromatic rings. The zero-order valence-electron chi connectivity index (χ0n) is 2.29. The molecule has 0 saturated carbocycles. The van der Waals surface area contributed by atoms with Crippen molar-refractivity contribution in [1.82, 2.24) is 0 Å². The fraction of sp³-hybridized carbons (Fsp3) is 0. The molecular weight excluding hydrogens is 414 g/mol. The Morgan fingerprint density at radius 3 is 0.273 bits per heavy atom. The smallest absolute Gasteiger partial charge is 0 e. The summed E-state index contributed by atoms with van der Waals surface area (Å²) in [6, 6.07) is 0. The Kier molecular flexibility index (Phi) is 1030. The third-order valence-electron chi connectivity index (χ3n) is 0. The van der Waals surface area contributed by atoms with E-state index in [1.807, 2.05) is 0 Å². The van der Waals surface area contributed by atoms with Crippen LogP contribution in [0, 0.1) is 0 Å². The average molecular weight is 432 g/mol. The number of hydrogen-bond acceptors (Lipinski definition) is 0. The van der Waals surface area contributed by atoms with Crippen molar-refractivity contribution in [2.24, 2.45) is 0 Å². The van der Waals surface area contributed by atoms with E-state index >= 15 is 0 Å². The summed E-state index contributed by atoms with van der Waals surface area (Å²) in [5, 5.41) is 0. The minimum absolute atomic E-state index is 0. The van der Waals surface area contributed by atoms with Crippen LogP contribution in [0.3, 0.4) is 0 Å². The van der Waals surface area contributed by atoms with Crippen LogP contribution in [0.1, 0.15) is 0 Å². The first-order chi connectivity index (χ1) is 0. The van der Waals surface area contributed by atoms with Crippen LogP contribution in [0.15, 0.2) is 0 Å². The van der Waals surface area contributed by atoms with Crippen LogP contribution < -0.4 is 0 Å². The van der Waals surface area contributed by atoms with E-state index in [9.17, 15) is 0 Å². The predicted octanol–water partition coefficient (Wildman–Crippen LogP) is -7.12. The van der Waals surface area contributed by atoms with Gasteiger partial charge in [-0.05, 0) is 0 Å². The van der Waals surface area contributed by atoms with E-state index in [0.717, 1.165) is 0 Å². The maximum Gasteiger partial charge on any atom is 0.187 e. The van der Waals surface area contributed by atoms with Crippen LogP contribution in [-0.2, 0) is 95.9 Å². The van der Waals surface area contributed by atoms with E-state index in [-0.39, 0.29) is 200 Å². The minimum Gasteiger partial charge on any atom is 0 e. The van der Waals surface area contributed by atoms with Crippen LogP contribution in [0.2, 0.25) is 0 Å². The molecule has 0 saturated heterocycles. The van der Waals surface area contributed by atoms with Crippen molar-refractivity contribution < 1.29 is 95.9 Å². The molecule has 0 bridgehead atoms. The van der Waals surface area contributed by atoms with E-state index in [1.54, 1.807) is 0 Å². The molecule has 0 aromatic carbocycles. The van der Waals surface area contributed by atoms with Gasteiger partial charge in [-0.3, -0.25) is 0 Å². The molecule has 0 aliphatic carbocycles. The van der Waals surface area contributed by atoms with Gasteiger partial charge in [0, 0.05) is 95.9 Å². The van der Waals surface area contributed by atoms with Gasteiger partial charge in [0.1, 0.15) is 0 Å². The van der Waals surface area contributed by atoms with Crippen molar-refractivity contribution in [2.75, 3.05) is 0 Å². The minimum atomic E-state index is 0. The van der Waals surface area contributed by atoms with Crippen molar-refractivity contribution >= 4 is 104 Å². The summed E-state index contributed by atoms with van der Waals surface area (Å²) in [6.07, 6.45) is 0. The fourth-order valence-electron chi connectivity index (χ4n) is 0. The van der Waals surface area contributed by atoms with Crippen LogP contribution in [0.25, 0.3) is 0 Å². The second kappa shape index (κ2) is 96.8. The molecule has 0 aliphatic rings. The van der Waals surface area contributed by atoms with E-state index in [4.69, 9.17) is 0 Å². The van der Waals surface area contributed by atoms with Crippen LogP contribution in [0.4, 0.5) is 0 Å². The third-order valence-corrected chi connectivity index (χ3v) is 0. The van der Waals surface area contributed by atoms with Crippen molar-refractivity contribution in [3.8, 4) is 0 Å². The first-order valence-corrected chi connectivity index (χ1v) is 0. The second-order valence-corrected chi connectivity index (χ2v) is 0. The maximum absolute atomic E-state index is 0. The van der Waals surface area contributed by atoms with Gasteiger partial charge in [0.15, 0.2) is 104 Å². The molecule has 0 unspecified atom stereocenters. The van der Waals surface area contributed by atoms with Crippen LogP contribution in [-0.4, -0.2) is 104 Å². The molecular formula is H18Al6TiV4. The van der Waals surface area contributed by atoms with Gasteiger partial charge in [-0.15, -0.1) is 0 Å². The Labute approximate surface area is 196 Å². The Balaban J connectivity index is 0. The third kappa shape index (κ3) is 84.5. The number of rotatable bonds is 0. The standard InChI is InChI=1S/6Al.Ti.4V.18H. The van der Waals surface area contributed by atoms with E-state index in [0.29, 0.717) is 0 Å². The Bertz CT molecular complexity index is 14.5. The molecule has 0 N–H and O–H groups in total. The van der Waals surface area contributed by atoms with Crippen LogP contribution >= 0.6 is 0 Å². The van der Waals surface area contributed by atoms with Gasteiger partial charge in [-0.2, -0.15) is 0 Å². The molecule has 0 nitrogen and oxygen atoms in total. The van der Waals surface area contributed by atoms with Crippen molar-refractivity contribution in [3.63, 3.8) is 0 Å². The first-order valence-electron chi connectivity index (χ1n) is 0. The molecule has 0 fully saturated rings. The first kappa shape index (κ1) is 117. The molecule has 0 rings (SSSR count). The van der Waals surface area contributed by atoms with Crippen molar-refractivity contribution in [2.45, 2.75) is 0 Å². The Morgan fingerprint density at radius 1 is 0.273 bits per heavy atom. The van der Waals surface area contributed by atoms with Crippen LogP contribution in [0.5, 0.6) is 0 Å². The average Bonchev–Trinajstić information content (AvgIpc) is 0. The number of hydrogen-bond donors (Lipinski definition) is 0. The van der Waals surface area contributed by atoms with E-state index in [1.165, 1.54) is 0 Å². The van der Waals surface area contributed by atoms with Gasteiger partial charge in [0.2, 0.25) is 0 Å². The zero-order valence-corrected chi connectivity index (χ0v) is 9.44. The summed E-state index contributed by atoms with van der Waals surface area (Å²) >= 11 is 0. The summed E-state index contributed by atoms with van der Waals surface area (Å²) in [7, 11) is 0. The monoisotopic (exact) mass is 432 g/mol. The topological polar surface area (TPSA) is 0 Å². The van der Waals surface area contributed by atoms with E-state index < -0.39 is 0 Å². The second-order valence-electron chi connectivity index (χ2n) is 0. The van der Waals surface area contributed by atoms with Gasteiger partial charge in [-0.1, -0.05) is 0 Å². The molecule has 0 aromatic heterocycles. The van der Waals surface area contributed by atoms with Gasteiger partial charge >= 0.3 is 0 Å². The van der Waals surface area contributed by atoms with Crippen molar-refractivity contribution in [1.29, 1.82) is 0 Å². The van der Waals surface area contributed by atoms with Crippen molar-refractivity contribution in [3.05, 3.63) is 0 Å². The SMILES string of the molecule is [AlH3].[AlH3].[AlH3].[AlH3].[AlH3].[AlH3].[Ti].[V].[V].[V].[V]. The Morgan fingerprint density at radius 2 is 0.273 bits per heavy atom. The van der Waals surface area contributed by atoms with E-state index in [2.05, 4.69) is 0 Å². The van der Waals surface area contributed by atoms with Gasteiger partial charge in [-0.25, -0.2) is 0 Å². The molecule has 0 heterocycles. The summed E-state index contributed by atoms with van der Waals surface area (Å²) in [6.45, 7) is 0. The normalized spacial score (nSPS) is 0. The Hall–Kier alpha value is 6.25. The molecule has 60 valence electrons. The quantitative estimate of drug-likeness (QED) is 0.335. The maximum atomic E-state index is 0. The zero-order chi connectivity index (χ0) is 0. The fourth-order valence-corrected chi connectivity index (χ4v) is 0. The molecule has 4 radical (unpaired) electrons. The predicted molar refractivity (Wildman–Crippen MR) is 59.6 cm³/mol. The summed E-state index contributed by atoms with van der Waals surface area (Å²) in [5.41, 5.74) is 0. The molecule has 0 spiro atoms. The molecule has 0 aliphatic heterocycles. The largest absolute Gasteiger partial charge is 0.187 e. The molecule has 0 amide bonds. The molecule has 11 heavy (non-hydrogen) atoms. The summed E-state index contributed by atoms with van der Waals surface area (Å²) < 4.78 is 0.